The van der Waals surface area contributed by atoms with Gasteiger partial charge in [0.05, 0.1) is 17.2 Å². The molecule has 8 heteroatoms. The fourth-order valence-corrected chi connectivity index (χ4v) is 2.82. The third-order valence-corrected chi connectivity index (χ3v) is 4.18. The number of amides is 1. The van der Waals surface area contributed by atoms with Crippen molar-refractivity contribution in [3.63, 3.8) is 0 Å². The highest BCUT2D eigenvalue weighted by molar-refractivity contribution is 5.91. The average Bonchev–Trinajstić information content (AvgIpc) is 3.07. The van der Waals surface area contributed by atoms with E-state index in [0.29, 0.717) is 12.1 Å². The monoisotopic (exact) mass is 354 g/mol. The van der Waals surface area contributed by atoms with Crippen LogP contribution >= 0.6 is 0 Å². The smallest absolute Gasteiger partial charge is 0.269 e. The van der Waals surface area contributed by atoms with E-state index >= 15 is 0 Å². The van der Waals surface area contributed by atoms with Gasteiger partial charge in [-0.05, 0) is 48.6 Å². The molecule has 0 atom stereocenters. The van der Waals surface area contributed by atoms with Gasteiger partial charge in [0.25, 0.3) is 11.2 Å². The Bertz CT molecular complexity index is 916. The fraction of sp³-hybridized carbons (Fsp3) is 0.278. The lowest BCUT2D eigenvalue weighted by molar-refractivity contribution is -0.384. The van der Waals surface area contributed by atoms with Crippen LogP contribution in [0, 0.1) is 10.1 Å². The number of hydrogen-bond donors (Lipinski definition) is 1. The van der Waals surface area contributed by atoms with E-state index in [9.17, 15) is 19.7 Å². The zero-order valence-electron chi connectivity index (χ0n) is 14.1. The molecule has 0 aliphatic heterocycles. The summed E-state index contributed by atoms with van der Waals surface area (Å²) in [6.45, 7) is 0.596. The van der Waals surface area contributed by atoms with E-state index < -0.39 is 4.92 Å². The number of nitrogens with zero attached hydrogens (tertiary/aromatic N) is 3. The van der Waals surface area contributed by atoms with Gasteiger partial charge in [-0.3, -0.25) is 19.7 Å². The van der Waals surface area contributed by atoms with E-state index in [1.165, 1.54) is 22.9 Å². The molecule has 1 aromatic carbocycles. The minimum atomic E-state index is -0.477. The maximum absolute atomic E-state index is 12.0. The molecule has 0 saturated carbocycles. The molecule has 2 aromatic rings. The van der Waals surface area contributed by atoms with Gasteiger partial charge in [0.2, 0.25) is 5.91 Å². The van der Waals surface area contributed by atoms with Crippen molar-refractivity contribution in [1.82, 2.24) is 15.1 Å². The molecular formula is C18H18N4O4. The van der Waals surface area contributed by atoms with E-state index in [0.717, 1.165) is 30.5 Å². The number of aryl methyl sites for hydroxylation is 2. The van der Waals surface area contributed by atoms with Crippen LogP contribution in [-0.4, -0.2) is 27.2 Å². The molecule has 0 unspecified atom stereocenters. The van der Waals surface area contributed by atoms with Gasteiger partial charge in [-0.25, -0.2) is 4.68 Å². The van der Waals surface area contributed by atoms with Gasteiger partial charge in [0, 0.05) is 30.8 Å². The second-order valence-electron chi connectivity index (χ2n) is 6.00. The molecule has 1 amide bonds. The highest BCUT2D eigenvalue weighted by atomic mass is 16.6. The van der Waals surface area contributed by atoms with Crippen molar-refractivity contribution in [2.45, 2.75) is 25.8 Å². The normalized spacial score (nSPS) is 12.9. The molecule has 1 aliphatic rings. The summed E-state index contributed by atoms with van der Waals surface area (Å²) < 4.78 is 1.38. The Labute approximate surface area is 149 Å². The fourth-order valence-electron chi connectivity index (χ4n) is 2.82. The summed E-state index contributed by atoms with van der Waals surface area (Å²) in [5.41, 5.74) is 2.53. The van der Waals surface area contributed by atoms with Gasteiger partial charge in [-0.15, -0.1) is 0 Å². The summed E-state index contributed by atoms with van der Waals surface area (Å²) in [5.74, 6) is -0.308. The average molecular weight is 354 g/mol. The van der Waals surface area contributed by atoms with Gasteiger partial charge < -0.3 is 5.32 Å². The van der Waals surface area contributed by atoms with Crippen LogP contribution in [0.4, 0.5) is 5.69 Å². The molecule has 3 rings (SSSR count). The number of fused-ring (bicyclic) bond motifs is 1. The van der Waals surface area contributed by atoms with Crippen molar-refractivity contribution < 1.29 is 9.72 Å². The molecule has 134 valence electrons. The summed E-state index contributed by atoms with van der Waals surface area (Å²) >= 11 is 0. The number of nitro benzene ring substituents is 1. The summed E-state index contributed by atoms with van der Waals surface area (Å²) in [6.07, 6.45) is 5.73. The van der Waals surface area contributed by atoms with Gasteiger partial charge in [0.15, 0.2) is 0 Å². The van der Waals surface area contributed by atoms with Crippen molar-refractivity contribution in [3.8, 4) is 0 Å². The van der Waals surface area contributed by atoms with Gasteiger partial charge in [0.1, 0.15) is 0 Å². The highest BCUT2D eigenvalue weighted by Crippen LogP contribution is 2.16. The molecule has 0 bridgehead atoms. The number of carbonyl (C=O) groups is 1. The summed E-state index contributed by atoms with van der Waals surface area (Å²) in [4.78, 5) is 33.9. The Morgan fingerprint density at radius 1 is 1.31 bits per heavy atom. The third kappa shape index (κ3) is 4.21. The first-order valence-corrected chi connectivity index (χ1v) is 8.33. The first-order valence-electron chi connectivity index (χ1n) is 8.33. The lowest BCUT2D eigenvalue weighted by atomic mass is 10.2. The maximum Gasteiger partial charge on any atom is 0.269 e. The molecule has 0 spiro atoms. The maximum atomic E-state index is 12.0. The molecule has 1 heterocycles. The number of nitro groups is 1. The molecule has 1 aliphatic carbocycles. The zero-order valence-corrected chi connectivity index (χ0v) is 14.1. The van der Waals surface area contributed by atoms with Crippen molar-refractivity contribution in [3.05, 3.63) is 73.7 Å². The minimum Gasteiger partial charge on any atom is -0.351 e. The van der Waals surface area contributed by atoms with E-state index in [1.807, 2.05) is 0 Å². The van der Waals surface area contributed by atoms with E-state index in [1.54, 1.807) is 24.3 Å². The number of carbonyl (C=O) groups excluding carboxylic acids is 1. The van der Waals surface area contributed by atoms with Crippen LogP contribution in [0.1, 0.15) is 23.2 Å². The number of benzene rings is 1. The van der Waals surface area contributed by atoms with Crippen LogP contribution < -0.4 is 10.9 Å². The number of non-ortho nitro benzene ring substituents is 1. The lowest BCUT2D eigenvalue weighted by Gasteiger charge is -2.07. The molecule has 26 heavy (non-hydrogen) atoms. The predicted molar refractivity (Wildman–Crippen MR) is 95.7 cm³/mol. The first-order chi connectivity index (χ1) is 12.5. The molecule has 1 N–H and O–H groups in total. The Morgan fingerprint density at radius 3 is 2.81 bits per heavy atom. The number of nitrogens with one attached hydrogen (secondary N) is 1. The zero-order chi connectivity index (χ0) is 18.5. The van der Waals surface area contributed by atoms with Gasteiger partial charge in [-0.1, -0.05) is 0 Å². The second kappa shape index (κ2) is 7.73. The van der Waals surface area contributed by atoms with E-state index in [-0.39, 0.29) is 23.7 Å². The molecule has 1 aromatic heterocycles. The number of rotatable bonds is 6. The van der Waals surface area contributed by atoms with Crippen molar-refractivity contribution in [2.75, 3.05) is 6.54 Å². The Kier molecular flexibility index (Phi) is 5.21. The Balaban J connectivity index is 1.51. The molecule has 0 radical (unpaired) electrons. The quantitative estimate of drug-likeness (QED) is 0.480. The van der Waals surface area contributed by atoms with Crippen LogP contribution in [0.15, 0.2) is 41.2 Å². The summed E-state index contributed by atoms with van der Waals surface area (Å²) in [6, 6.07) is 7.52. The second-order valence-corrected chi connectivity index (χ2v) is 6.00. The highest BCUT2D eigenvalue weighted by Gasteiger charge is 2.14. The molecular weight excluding hydrogens is 336 g/mol. The molecule has 8 nitrogen and oxygen atoms in total. The largest absolute Gasteiger partial charge is 0.351 e. The number of hydrogen-bond acceptors (Lipinski definition) is 5. The molecule has 0 fully saturated rings. The standard InChI is InChI=1S/C18H18N4O4/c23-17(9-6-13-4-7-15(8-5-13)22(25)26)19-10-11-21-18(24)12-14-2-1-3-16(14)20-21/h4-9,12H,1-3,10-11H2,(H,19,23)/b9-6+. The Hall–Kier alpha value is -3.29. The van der Waals surface area contributed by atoms with Gasteiger partial charge >= 0.3 is 0 Å². The number of aromatic nitrogens is 2. The van der Waals surface area contributed by atoms with Gasteiger partial charge in [-0.2, -0.15) is 5.10 Å². The topological polar surface area (TPSA) is 107 Å². The van der Waals surface area contributed by atoms with Crippen molar-refractivity contribution >= 4 is 17.7 Å². The summed E-state index contributed by atoms with van der Waals surface area (Å²) in [7, 11) is 0. The van der Waals surface area contributed by atoms with Crippen LogP contribution in [0.25, 0.3) is 6.08 Å². The first kappa shape index (κ1) is 17.5. The van der Waals surface area contributed by atoms with E-state index in [4.69, 9.17) is 0 Å². The predicted octanol–water partition coefficient (Wildman–Crippen LogP) is 1.47. The van der Waals surface area contributed by atoms with Crippen LogP contribution in [0.5, 0.6) is 0 Å². The van der Waals surface area contributed by atoms with E-state index in [2.05, 4.69) is 10.4 Å². The van der Waals surface area contributed by atoms with Crippen LogP contribution in [0.2, 0.25) is 0 Å². The molecule has 0 saturated heterocycles. The summed E-state index contributed by atoms with van der Waals surface area (Å²) in [5, 5.41) is 17.6. The van der Waals surface area contributed by atoms with Crippen LogP contribution in [-0.2, 0) is 24.2 Å². The SMILES string of the molecule is O=C(/C=C/c1ccc([N+](=O)[O-])cc1)NCCn1nc2c(cc1=O)CCC2. The van der Waals surface area contributed by atoms with Crippen LogP contribution in [0.3, 0.4) is 0 Å². The Morgan fingerprint density at radius 2 is 2.08 bits per heavy atom. The van der Waals surface area contributed by atoms with Crippen molar-refractivity contribution in [1.29, 1.82) is 0 Å². The van der Waals surface area contributed by atoms with Crippen molar-refractivity contribution in [2.24, 2.45) is 0 Å². The minimum absolute atomic E-state index is 0.00103. The third-order valence-electron chi connectivity index (χ3n) is 4.18. The lowest BCUT2D eigenvalue weighted by Crippen LogP contribution is -2.31.